The van der Waals surface area contributed by atoms with E-state index in [0.717, 1.165) is 25.8 Å². The van der Waals surface area contributed by atoms with Crippen LogP contribution in [0.25, 0.3) is 0 Å². The van der Waals surface area contributed by atoms with Gasteiger partial charge in [-0.25, -0.2) is 8.42 Å². The first-order valence-corrected chi connectivity index (χ1v) is 12.6. The van der Waals surface area contributed by atoms with E-state index >= 15 is 0 Å². The maximum atomic E-state index is 13.1. The summed E-state index contributed by atoms with van der Waals surface area (Å²) in [7, 11) is -3.49. The van der Waals surface area contributed by atoms with Gasteiger partial charge in [-0.3, -0.25) is 4.79 Å². The summed E-state index contributed by atoms with van der Waals surface area (Å²) in [5.41, 5.74) is 2.48. The molecule has 2 fully saturated rings. The Bertz CT molecular complexity index is 847. The van der Waals surface area contributed by atoms with Crippen LogP contribution in [-0.2, 0) is 27.7 Å². The predicted molar refractivity (Wildman–Crippen MR) is 112 cm³/mol. The van der Waals surface area contributed by atoms with E-state index in [1.54, 1.807) is 10.4 Å². The first-order chi connectivity index (χ1) is 13.9. The summed E-state index contributed by atoms with van der Waals surface area (Å²) in [6, 6.07) is 6.17. The lowest BCUT2D eigenvalue weighted by atomic mass is 9.92. The number of nitrogens with one attached hydrogen (secondary N) is 1. The Labute approximate surface area is 174 Å². The lowest BCUT2D eigenvalue weighted by Gasteiger charge is -2.36. The van der Waals surface area contributed by atoms with Crippen molar-refractivity contribution in [3.63, 3.8) is 0 Å². The van der Waals surface area contributed by atoms with Gasteiger partial charge in [-0.15, -0.1) is 0 Å². The molecule has 6 nitrogen and oxygen atoms in total. The molecule has 0 aromatic heterocycles. The summed E-state index contributed by atoms with van der Waals surface area (Å²) in [6.45, 7) is 5.59. The van der Waals surface area contributed by atoms with Gasteiger partial charge in [-0.2, -0.15) is 4.31 Å². The number of hydrogen-bond donors (Lipinski definition) is 1. The van der Waals surface area contributed by atoms with Crippen molar-refractivity contribution < 1.29 is 18.1 Å². The highest BCUT2D eigenvalue weighted by Crippen LogP contribution is 2.26. The SMILES string of the molecule is C[C@@H]1CCCC[NH+]1CC(=O)N1CCN(S(=O)(=O)c2ccc3c(c2)CCCC3)CC1. The number of piperidine rings is 1. The van der Waals surface area contributed by atoms with Crippen LogP contribution in [0.3, 0.4) is 0 Å². The van der Waals surface area contributed by atoms with Crippen LogP contribution in [0.4, 0.5) is 0 Å². The summed E-state index contributed by atoms with van der Waals surface area (Å²) in [4.78, 5) is 16.4. The van der Waals surface area contributed by atoms with E-state index in [1.807, 2.05) is 17.0 Å². The number of quaternary nitrogens is 1. The van der Waals surface area contributed by atoms with Gasteiger partial charge in [-0.1, -0.05) is 6.07 Å². The zero-order chi connectivity index (χ0) is 20.4. The van der Waals surface area contributed by atoms with Gasteiger partial charge in [0.1, 0.15) is 0 Å². The molecule has 0 saturated carbocycles. The molecule has 1 aromatic rings. The molecule has 3 aliphatic rings. The summed E-state index contributed by atoms with van der Waals surface area (Å²) >= 11 is 0. The fourth-order valence-electron chi connectivity index (χ4n) is 5.02. The number of rotatable bonds is 4. The third kappa shape index (κ3) is 4.52. The molecular weight excluding hydrogens is 386 g/mol. The van der Waals surface area contributed by atoms with Crippen molar-refractivity contribution in [2.45, 2.75) is 62.8 Å². The molecule has 1 aromatic carbocycles. The second kappa shape index (κ2) is 8.74. The number of aryl methyl sites for hydroxylation is 2. The number of likely N-dealkylation sites (tertiary alicyclic amines) is 1. The fraction of sp³-hybridized carbons (Fsp3) is 0.682. The molecule has 0 spiro atoms. The average Bonchev–Trinajstić information content (AvgIpc) is 2.75. The molecule has 2 heterocycles. The molecule has 0 radical (unpaired) electrons. The van der Waals surface area contributed by atoms with Crippen molar-refractivity contribution in [1.82, 2.24) is 9.21 Å². The first-order valence-electron chi connectivity index (χ1n) is 11.2. The maximum Gasteiger partial charge on any atom is 0.277 e. The number of fused-ring (bicyclic) bond motifs is 1. The third-order valence-corrected chi connectivity index (χ3v) is 8.90. The van der Waals surface area contributed by atoms with Crippen molar-refractivity contribution in [2.24, 2.45) is 0 Å². The quantitative estimate of drug-likeness (QED) is 0.786. The van der Waals surface area contributed by atoms with Crippen LogP contribution in [0.1, 0.15) is 50.2 Å². The highest BCUT2D eigenvalue weighted by Gasteiger charge is 2.32. The molecule has 1 N–H and O–H groups in total. The standard InChI is InChI=1S/C22H33N3O3S/c1-18-6-4-5-11-24(18)17-22(26)23-12-14-25(15-13-23)29(27,28)21-10-9-19-7-2-3-8-20(19)16-21/h9-10,16,18H,2-8,11-15,17H2,1H3/p+1/t18-/m1/s1. The van der Waals surface area contributed by atoms with Gasteiger partial charge in [0.25, 0.3) is 5.91 Å². The molecule has 1 aliphatic carbocycles. The number of benzene rings is 1. The van der Waals surface area contributed by atoms with Crippen LogP contribution in [0.15, 0.2) is 23.1 Å². The number of nitrogens with zero attached hydrogens (tertiary/aromatic N) is 2. The molecule has 4 rings (SSSR count). The Balaban J connectivity index is 1.36. The molecule has 1 unspecified atom stereocenters. The molecule has 0 bridgehead atoms. The second-order valence-electron chi connectivity index (χ2n) is 8.90. The third-order valence-electron chi connectivity index (χ3n) is 7.01. The highest BCUT2D eigenvalue weighted by atomic mass is 32.2. The minimum absolute atomic E-state index is 0.166. The first kappa shape index (κ1) is 20.8. The zero-order valence-electron chi connectivity index (χ0n) is 17.5. The molecule has 1 amide bonds. The van der Waals surface area contributed by atoms with Gasteiger partial charge >= 0.3 is 0 Å². The maximum absolute atomic E-state index is 13.1. The normalized spacial score (nSPS) is 26.2. The smallest absolute Gasteiger partial charge is 0.277 e. The molecule has 29 heavy (non-hydrogen) atoms. The molecule has 2 aliphatic heterocycles. The number of carbonyl (C=O) groups excluding carboxylic acids is 1. The van der Waals surface area contributed by atoms with Crippen molar-refractivity contribution >= 4 is 15.9 Å². The number of piperazine rings is 1. The van der Waals surface area contributed by atoms with Crippen molar-refractivity contribution in [1.29, 1.82) is 0 Å². The van der Waals surface area contributed by atoms with E-state index in [9.17, 15) is 13.2 Å². The van der Waals surface area contributed by atoms with E-state index in [2.05, 4.69) is 6.92 Å². The van der Waals surface area contributed by atoms with Gasteiger partial charge in [0.15, 0.2) is 6.54 Å². The van der Waals surface area contributed by atoms with Crippen LogP contribution in [-0.4, -0.2) is 68.8 Å². The number of amides is 1. The molecule has 2 saturated heterocycles. The van der Waals surface area contributed by atoms with Crippen LogP contribution >= 0.6 is 0 Å². The second-order valence-corrected chi connectivity index (χ2v) is 10.8. The Morgan fingerprint density at radius 2 is 1.76 bits per heavy atom. The Morgan fingerprint density at radius 1 is 1.03 bits per heavy atom. The number of sulfonamides is 1. The molecular formula is C22H34N3O3S+. The van der Waals surface area contributed by atoms with E-state index in [-0.39, 0.29) is 5.91 Å². The van der Waals surface area contributed by atoms with Crippen LogP contribution in [0.5, 0.6) is 0 Å². The predicted octanol–water partition coefficient (Wildman–Crippen LogP) is 0.856. The van der Waals surface area contributed by atoms with E-state index in [1.165, 1.54) is 41.7 Å². The lowest BCUT2D eigenvalue weighted by Crippen LogP contribution is -3.17. The monoisotopic (exact) mass is 420 g/mol. The number of hydrogen-bond acceptors (Lipinski definition) is 3. The minimum atomic E-state index is -3.49. The minimum Gasteiger partial charge on any atom is -0.335 e. The topological polar surface area (TPSA) is 62.1 Å². The summed E-state index contributed by atoms with van der Waals surface area (Å²) in [5.74, 6) is 0.166. The van der Waals surface area contributed by atoms with Gasteiger partial charge in [0, 0.05) is 26.2 Å². The van der Waals surface area contributed by atoms with Gasteiger partial charge in [-0.05, 0) is 75.1 Å². The van der Waals surface area contributed by atoms with Crippen molar-refractivity contribution in [2.75, 3.05) is 39.3 Å². The summed E-state index contributed by atoms with van der Waals surface area (Å²) in [6.07, 6.45) is 7.99. The lowest BCUT2D eigenvalue weighted by molar-refractivity contribution is -0.921. The average molecular weight is 421 g/mol. The molecule has 160 valence electrons. The Hall–Kier alpha value is -1.44. The van der Waals surface area contributed by atoms with E-state index in [4.69, 9.17) is 0 Å². The number of carbonyl (C=O) groups is 1. The van der Waals surface area contributed by atoms with Gasteiger partial charge < -0.3 is 9.80 Å². The fourth-order valence-corrected chi connectivity index (χ4v) is 6.49. The van der Waals surface area contributed by atoms with E-state index in [0.29, 0.717) is 43.7 Å². The molecule has 7 heteroatoms. The largest absolute Gasteiger partial charge is 0.335 e. The van der Waals surface area contributed by atoms with Crippen LogP contribution < -0.4 is 4.90 Å². The van der Waals surface area contributed by atoms with Crippen molar-refractivity contribution in [3.05, 3.63) is 29.3 Å². The highest BCUT2D eigenvalue weighted by molar-refractivity contribution is 7.89. The van der Waals surface area contributed by atoms with Crippen molar-refractivity contribution in [3.8, 4) is 0 Å². The zero-order valence-corrected chi connectivity index (χ0v) is 18.3. The van der Waals surface area contributed by atoms with Gasteiger partial charge in [0.2, 0.25) is 10.0 Å². The summed E-state index contributed by atoms with van der Waals surface area (Å²) in [5, 5.41) is 0. The van der Waals surface area contributed by atoms with Crippen LogP contribution in [0, 0.1) is 0 Å². The Kier molecular flexibility index (Phi) is 6.27. The Morgan fingerprint density at radius 3 is 2.48 bits per heavy atom. The summed E-state index contributed by atoms with van der Waals surface area (Å²) < 4.78 is 27.8. The van der Waals surface area contributed by atoms with Gasteiger partial charge in [0.05, 0.1) is 17.5 Å². The van der Waals surface area contributed by atoms with E-state index < -0.39 is 10.0 Å². The molecule has 2 atom stereocenters. The van der Waals surface area contributed by atoms with Crippen LogP contribution in [0.2, 0.25) is 0 Å².